The lowest BCUT2D eigenvalue weighted by atomic mass is 9.94. The summed E-state index contributed by atoms with van der Waals surface area (Å²) in [5.41, 5.74) is 2.13. The molecule has 0 aromatic carbocycles. The van der Waals surface area contributed by atoms with Crippen molar-refractivity contribution >= 4 is 34.0 Å². The van der Waals surface area contributed by atoms with Gasteiger partial charge in [0.1, 0.15) is 11.6 Å². The van der Waals surface area contributed by atoms with Crippen LogP contribution in [0.4, 0.5) is 16.8 Å². The molecule has 4 rings (SSSR count). The van der Waals surface area contributed by atoms with Crippen molar-refractivity contribution < 1.29 is 4.79 Å². The standard InChI is InChI=1S/C21H24N6OS/c1-15-5-3-9-22-20(15)25-18-8-2-7-17(24-18)16-6-4-11-27(13-16)14-19(28)26-21-23-10-12-29-21/h2-3,5,7-10,12,16H,4,6,11,13-14H2,1H3,(H,22,24,25)(H,23,26,28)/t16-/m0/s1. The summed E-state index contributed by atoms with van der Waals surface area (Å²) in [4.78, 5) is 27.8. The molecule has 0 unspecified atom stereocenters. The molecule has 1 aliphatic rings. The summed E-state index contributed by atoms with van der Waals surface area (Å²) in [6, 6.07) is 10.00. The van der Waals surface area contributed by atoms with Gasteiger partial charge in [-0.25, -0.2) is 15.0 Å². The van der Waals surface area contributed by atoms with E-state index in [0.29, 0.717) is 17.6 Å². The number of piperidine rings is 1. The van der Waals surface area contributed by atoms with Crippen molar-refractivity contribution in [1.82, 2.24) is 19.9 Å². The number of aryl methyl sites for hydroxylation is 1. The van der Waals surface area contributed by atoms with Crippen LogP contribution >= 0.6 is 11.3 Å². The predicted molar refractivity (Wildman–Crippen MR) is 116 cm³/mol. The van der Waals surface area contributed by atoms with E-state index < -0.39 is 0 Å². The maximum absolute atomic E-state index is 12.3. The summed E-state index contributed by atoms with van der Waals surface area (Å²) < 4.78 is 0. The van der Waals surface area contributed by atoms with Crippen molar-refractivity contribution in [3.63, 3.8) is 0 Å². The number of nitrogens with one attached hydrogen (secondary N) is 2. The molecular formula is C21H24N6OS. The number of anilines is 3. The van der Waals surface area contributed by atoms with Gasteiger partial charge < -0.3 is 10.6 Å². The Morgan fingerprint density at radius 2 is 2.17 bits per heavy atom. The number of carbonyl (C=O) groups is 1. The van der Waals surface area contributed by atoms with Crippen LogP contribution in [-0.2, 0) is 4.79 Å². The quantitative estimate of drug-likeness (QED) is 0.645. The minimum atomic E-state index is -0.0189. The zero-order chi connectivity index (χ0) is 20.1. The molecule has 3 aromatic heterocycles. The van der Waals surface area contributed by atoms with Crippen molar-refractivity contribution in [3.8, 4) is 0 Å². The molecule has 0 radical (unpaired) electrons. The minimum absolute atomic E-state index is 0.0189. The minimum Gasteiger partial charge on any atom is -0.325 e. The normalized spacial score (nSPS) is 17.1. The lowest BCUT2D eigenvalue weighted by Gasteiger charge is -2.32. The number of aromatic nitrogens is 3. The van der Waals surface area contributed by atoms with E-state index >= 15 is 0 Å². The Bertz CT molecular complexity index is 961. The Morgan fingerprint density at radius 1 is 1.24 bits per heavy atom. The number of carbonyl (C=O) groups excluding carboxylic acids is 1. The first-order chi connectivity index (χ1) is 14.2. The van der Waals surface area contributed by atoms with Gasteiger partial charge in [0.15, 0.2) is 5.13 Å². The van der Waals surface area contributed by atoms with Crippen LogP contribution in [0.25, 0.3) is 0 Å². The van der Waals surface area contributed by atoms with Crippen LogP contribution < -0.4 is 10.6 Å². The smallest absolute Gasteiger partial charge is 0.240 e. The number of likely N-dealkylation sites (tertiary alicyclic amines) is 1. The van der Waals surface area contributed by atoms with E-state index in [1.807, 2.05) is 36.6 Å². The third kappa shape index (κ3) is 5.16. The van der Waals surface area contributed by atoms with E-state index in [0.717, 1.165) is 48.8 Å². The van der Waals surface area contributed by atoms with Crippen molar-refractivity contribution in [2.75, 3.05) is 30.3 Å². The van der Waals surface area contributed by atoms with Crippen molar-refractivity contribution in [3.05, 3.63) is 59.4 Å². The van der Waals surface area contributed by atoms with Gasteiger partial charge in [0.05, 0.1) is 6.54 Å². The van der Waals surface area contributed by atoms with E-state index in [9.17, 15) is 4.79 Å². The second kappa shape index (κ2) is 9.11. The fourth-order valence-electron chi connectivity index (χ4n) is 3.57. The first-order valence-electron chi connectivity index (χ1n) is 9.74. The van der Waals surface area contributed by atoms with E-state index in [1.165, 1.54) is 11.3 Å². The van der Waals surface area contributed by atoms with Crippen LogP contribution in [0.5, 0.6) is 0 Å². The summed E-state index contributed by atoms with van der Waals surface area (Å²) >= 11 is 1.43. The van der Waals surface area contributed by atoms with Gasteiger partial charge in [0.2, 0.25) is 5.91 Å². The average molecular weight is 409 g/mol. The van der Waals surface area contributed by atoms with Crippen LogP contribution in [0.2, 0.25) is 0 Å². The summed E-state index contributed by atoms with van der Waals surface area (Å²) in [7, 11) is 0. The van der Waals surface area contributed by atoms with Crippen LogP contribution in [0.15, 0.2) is 48.1 Å². The van der Waals surface area contributed by atoms with Gasteiger partial charge in [-0.2, -0.15) is 0 Å². The van der Waals surface area contributed by atoms with Crippen molar-refractivity contribution in [2.45, 2.75) is 25.7 Å². The number of hydrogen-bond acceptors (Lipinski definition) is 7. The molecule has 1 fully saturated rings. The summed E-state index contributed by atoms with van der Waals surface area (Å²) in [5.74, 6) is 1.90. The Kier molecular flexibility index (Phi) is 6.12. The van der Waals surface area contributed by atoms with Crippen LogP contribution in [-0.4, -0.2) is 45.4 Å². The van der Waals surface area contributed by atoms with Gasteiger partial charge in [-0.05, 0) is 50.1 Å². The molecular weight excluding hydrogens is 384 g/mol. The van der Waals surface area contributed by atoms with Crippen LogP contribution in [0.3, 0.4) is 0 Å². The predicted octanol–water partition coefficient (Wildman–Crippen LogP) is 3.80. The van der Waals surface area contributed by atoms with E-state index in [2.05, 4.69) is 31.6 Å². The zero-order valence-corrected chi connectivity index (χ0v) is 17.2. The third-order valence-corrected chi connectivity index (χ3v) is 5.68. The second-order valence-electron chi connectivity index (χ2n) is 7.20. The molecule has 0 aliphatic carbocycles. The molecule has 4 heterocycles. The largest absolute Gasteiger partial charge is 0.325 e. The van der Waals surface area contributed by atoms with Gasteiger partial charge >= 0.3 is 0 Å². The lowest BCUT2D eigenvalue weighted by molar-refractivity contribution is -0.117. The molecule has 8 heteroatoms. The monoisotopic (exact) mass is 408 g/mol. The van der Waals surface area contributed by atoms with Crippen LogP contribution in [0, 0.1) is 6.92 Å². The van der Waals surface area contributed by atoms with Gasteiger partial charge in [0, 0.05) is 35.9 Å². The first-order valence-corrected chi connectivity index (χ1v) is 10.6. The third-order valence-electron chi connectivity index (χ3n) is 5.00. The molecule has 1 atom stereocenters. The lowest BCUT2D eigenvalue weighted by Crippen LogP contribution is -2.40. The number of nitrogens with zero attached hydrogens (tertiary/aromatic N) is 4. The van der Waals surface area contributed by atoms with Crippen LogP contribution in [0.1, 0.15) is 30.0 Å². The van der Waals surface area contributed by atoms with Gasteiger partial charge in [-0.3, -0.25) is 9.69 Å². The topological polar surface area (TPSA) is 83.0 Å². The Morgan fingerprint density at radius 3 is 3.00 bits per heavy atom. The van der Waals surface area contributed by atoms with E-state index in [1.54, 1.807) is 12.4 Å². The molecule has 1 saturated heterocycles. The first kappa shape index (κ1) is 19.5. The summed E-state index contributed by atoms with van der Waals surface area (Å²) in [6.45, 7) is 4.15. The molecule has 7 nitrogen and oxygen atoms in total. The molecule has 2 N–H and O–H groups in total. The molecule has 3 aromatic rings. The molecule has 1 aliphatic heterocycles. The van der Waals surface area contributed by atoms with Gasteiger partial charge in [0.25, 0.3) is 0 Å². The van der Waals surface area contributed by atoms with E-state index in [-0.39, 0.29) is 5.91 Å². The molecule has 29 heavy (non-hydrogen) atoms. The fourth-order valence-corrected chi connectivity index (χ4v) is 4.12. The Hall–Kier alpha value is -2.84. The molecule has 150 valence electrons. The number of thiazole rings is 1. The van der Waals surface area contributed by atoms with Gasteiger partial charge in [-0.15, -0.1) is 11.3 Å². The highest BCUT2D eigenvalue weighted by atomic mass is 32.1. The average Bonchev–Trinajstić information content (AvgIpc) is 3.23. The number of hydrogen-bond donors (Lipinski definition) is 2. The van der Waals surface area contributed by atoms with Gasteiger partial charge in [-0.1, -0.05) is 12.1 Å². The Balaban J connectivity index is 1.39. The summed E-state index contributed by atoms with van der Waals surface area (Å²) in [5, 5.41) is 8.67. The highest BCUT2D eigenvalue weighted by Gasteiger charge is 2.24. The zero-order valence-electron chi connectivity index (χ0n) is 16.3. The fraction of sp³-hybridized carbons (Fsp3) is 0.333. The Labute approximate surface area is 174 Å². The molecule has 0 spiro atoms. The number of pyridine rings is 2. The summed E-state index contributed by atoms with van der Waals surface area (Å²) in [6.07, 6.45) is 5.59. The van der Waals surface area contributed by atoms with Crippen molar-refractivity contribution in [2.24, 2.45) is 0 Å². The van der Waals surface area contributed by atoms with E-state index in [4.69, 9.17) is 4.98 Å². The maximum Gasteiger partial charge on any atom is 0.240 e. The highest BCUT2D eigenvalue weighted by Crippen LogP contribution is 2.27. The van der Waals surface area contributed by atoms with Crippen molar-refractivity contribution in [1.29, 1.82) is 0 Å². The molecule has 0 saturated carbocycles. The highest BCUT2D eigenvalue weighted by molar-refractivity contribution is 7.13. The SMILES string of the molecule is Cc1cccnc1Nc1cccc([C@H]2CCCN(CC(=O)Nc3nccs3)C2)n1. The molecule has 0 bridgehead atoms. The maximum atomic E-state index is 12.3. The molecule has 1 amide bonds. The number of amides is 1. The number of rotatable bonds is 6. The second-order valence-corrected chi connectivity index (χ2v) is 8.10.